The summed E-state index contributed by atoms with van der Waals surface area (Å²) in [7, 11) is 0. The van der Waals surface area contributed by atoms with E-state index in [0.717, 1.165) is 50.0 Å². The summed E-state index contributed by atoms with van der Waals surface area (Å²) in [5, 5.41) is 0.960. The number of hydrogen-bond donors (Lipinski definition) is 0. The number of aromatic nitrogens is 5. The van der Waals surface area contributed by atoms with Crippen molar-refractivity contribution in [3.63, 3.8) is 0 Å². The molecule has 6 nitrogen and oxygen atoms in total. The second-order valence-corrected chi connectivity index (χ2v) is 10.2. The van der Waals surface area contributed by atoms with E-state index in [1.165, 1.54) is 0 Å². The number of furan rings is 1. The summed E-state index contributed by atoms with van der Waals surface area (Å²) >= 11 is 0. The van der Waals surface area contributed by atoms with Crippen LogP contribution in [0.3, 0.4) is 0 Å². The second kappa shape index (κ2) is 10.4. The molecule has 43 heavy (non-hydrogen) atoms. The van der Waals surface area contributed by atoms with Crippen molar-refractivity contribution in [1.29, 1.82) is 0 Å². The van der Waals surface area contributed by atoms with Gasteiger partial charge in [0.2, 0.25) is 0 Å². The lowest BCUT2D eigenvalue weighted by Gasteiger charge is -2.09. The predicted octanol–water partition coefficient (Wildman–Crippen LogP) is 8.90. The molecular weight excluding hydrogens is 530 g/mol. The standard InChI is InChI=1S/C37H23N5O/c1-4-12-24(13-5-1)31-33-32(29-18-10-11-19-30(29)43-33)39-34(38-31)27-20-22-28(23-21-27)37-41-35(25-14-6-2-7-15-25)40-36(42-37)26-16-8-3-9-17-26/h1-23H. The van der Waals surface area contributed by atoms with Gasteiger partial charge in [-0.05, 0) is 12.1 Å². The zero-order valence-electron chi connectivity index (χ0n) is 22.9. The van der Waals surface area contributed by atoms with Gasteiger partial charge in [-0.2, -0.15) is 0 Å². The average molecular weight is 554 g/mol. The molecule has 0 aliphatic carbocycles. The molecule has 0 aliphatic heterocycles. The zero-order valence-corrected chi connectivity index (χ0v) is 22.9. The first-order chi connectivity index (χ1) is 21.3. The monoisotopic (exact) mass is 553 g/mol. The maximum Gasteiger partial charge on any atom is 0.180 e. The van der Waals surface area contributed by atoms with Crippen LogP contribution in [0.1, 0.15) is 0 Å². The molecule has 6 heteroatoms. The van der Waals surface area contributed by atoms with Crippen molar-refractivity contribution in [2.24, 2.45) is 0 Å². The summed E-state index contributed by atoms with van der Waals surface area (Å²) in [6.07, 6.45) is 0. The number of benzene rings is 5. The zero-order chi connectivity index (χ0) is 28.6. The van der Waals surface area contributed by atoms with Crippen LogP contribution in [-0.2, 0) is 0 Å². The SMILES string of the molecule is c1ccc(-c2nc(-c3ccccc3)nc(-c3ccc(-c4nc(-c5ccccc5)c5oc6ccccc6c5n4)cc3)n2)cc1. The van der Waals surface area contributed by atoms with Crippen LogP contribution < -0.4 is 0 Å². The highest BCUT2D eigenvalue weighted by Crippen LogP contribution is 2.35. The Morgan fingerprint density at radius 3 is 1.30 bits per heavy atom. The normalized spacial score (nSPS) is 11.3. The van der Waals surface area contributed by atoms with Crippen molar-refractivity contribution < 1.29 is 4.42 Å². The summed E-state index contributed by atoms with van der Waals surface area (Å²) in [4.78, 5) is 24.5. The summed E-state index contributed by atoms with van der Waals surface area (Å²) in [6, 6.07) is 46.0. The molecule has 0 bridgehead atoms. The molecular formula is C37H23N5O. The van der Waals surface area contributed by atoms with E-state index in [-0.39, 0.29) is 0 Å². The number of para-hydroxylation sites is 1. The topological polar surface area (TPSA) is 77.6 Å². The third-order valence-electron chi connectivity index (χ3n) is 7.37. The number of rotatable bonds is 5. The minimum atomic E-state index is 0.599. The fraction of sp³-hybridized carbons (Fsp3) is 0. The highest BCUT2D eigenvalue weighted by molar-refractivity contribution is 6.07. The Morgan fingerprint density at radius 1 is 0.349 bits per heavy atom. The number of nitrogens with zero attached hydrogens (tertiary/aromatic N) is 5. The van der Waals surface area contributed by atoms with Crippen molar-refractivity contribution in [3.05, 3.63) is 140 Å². The van der Waals surface area contributed by atoms with Crippen LogP contribution in [0.25, 0.3) is 78.9 Å². The van der Waals surface area contributed by atoms with E-state index in [1.807, 2.05) is 140 Å². The minimum absolute atomic E-state index is 0.599. The second-order valence-electron chi connectivity index (χ2n) is 10.2. The molecule has 0 spiro atoms. The Balaban J connectivity index is 1.25. The molecule has 3 aromatic heterocycles. The molecule has 0 radical (unpaired) electrons. The lowest BCUT2D eigenvalue weighted by atomic mass is 10.1. The summed E-state index contributed by atoms with van der Waals surface area (Å²) in [5.41, 5.74) is 7.62. The third kappa shape index (κ3) is 4.61. The summed E-state index contributed by atoms with van der Waals surface area (Å²) in [5.74, 6) is 2.47. The Bertz CT molecular complexity index is 2150. The lowest BCUT2D eigenvalue weighted by Crippen LogP contribution is -2.00. The fourth-order valence-corrected chi connectivity index (χ4v) is 5.22. The summed E-state index contributed by atoms with van der Waals surface area (Å²) in [6.45, 7) is 0. The molecule has 0 unspecified atom stereocenters. The van der Waals surface area contributed by atoms with Gasteiger partial charge in [-0.1, -0.05) is 127 Å². The number of hydrogen-bond acceptors (Lipinski definition) is 6. The van der Waals surface area contributed by atoms with Gasteiger partial charge < -0.3 is 4.42 Å². The maximum atomic E-state index is 6.25. The van der Waals surface area contributed by atoms with Crippen molar-refractivity contribution in [3.8, 4) is 56.8 Å². The Hall–Kier alpha value is -6.01. The van der Waals surface area contributed by atoms with Crippen molar-refractivity contribution in [2.45, 2.75) is 0 Å². The van der Waals surface area contributed by atoms with Crippen LogP contribution in [-0.4, -0.2) is 24.9 Å². The van der Waals surface area contributed by atoms with Crippen molar-refractivity contribution in [1.82, 2.24) is 24.9 Å². The molecule has 202 valence electrons. The third-order valence-corrected chi connectivity index (χ3v) is 7.37. The molecule has 3 heterocycles. The van der Waals surface area contributed by atoms with E-state index in [1.54, 1.807) is 0 Å². The highest BCUT2D eigenvalue weighted by atomic mass is 16.3. The highest BCUT2D eigenvalue weighted by Gasteiger charge is 2.18. The first-order valence-corrected chi connectivity index (χ1v) is 14.0. The Kier molecular flexibility index (Phi) is 6.01. The molecule has 8 rings (SSSR count). The van der Waals surface area contributed by atoms with Gasteiger partial charge in [-0.3, -0.25) is 0 Å². The Labute approximate surface area is 247 Å². The van der Waals surface area contributed by atoms with Crippen molar-refractivity contribution >= 4 is 22.1 Å². The van der Waals surface area contributed by atoms with E-state index in [9.17, 15) is 0 Å². The van der Waals surface area contributed by atoms with E-state index < -0.39 is 0 Å². The van der Waals surface area contributed by atoms with Crippen LogP contribution in [0.5, 0.6) is 0 Å². The fourth-order valence-electron chi connectivity index (χ4n) is 5.22. The maximum absolute atomic E-state index is 6.25. The van der Waals surface area contributed by atoms with Crippen LogP contribution >= 0.6 is 0 Å². The molecule has 0 atom stereocenters. The van der Waals surface area contributed by atoms with Gasteiger partial charge in [-0.15, -0.1) is 0 Å². The average Bonchev–Trinajstić information content (AvgIpc) is 3.48. The largest absolute Gasteiger partial charge is 0.452 e. The summed E-state index contributed by atoms with van der Waals surface area (Å²) < 4.78 is 6.25. The lowest BCUT2D eigenvalue weighted by molar-refractivity contribution is 0.667. The van der Waals surface area contributed by atoms with Gasteiger partial charge in [0.05, 0.1) is 0 Å². The molecule has 0 amide bonds. The molecule has 0 N–H and O–H groups in total. The number of fused-ring (bicyclic) bond motifs is 3. The van der Waals surface area contributed by atoms with Gasteiger partial charge in [0.1, 0.15) is 16.8 Å². The van der Waals surface area contributed by atoms with Crippen molar-refractivity contribution in [2.75, 3.05) is 0 Å². The van der Waals surface area contributed by atoms with Gasteiger partial charge in [-0.25, -0.2) is 24.9 Å². The minimum Gasteiger partial charge on any atom is -0.452 e. The van der Waals surface area contributed by atoms with E-state index in [4.69, 9.17) is 29.3 Å². The van der Waals surface area contributed by atoms with Crippen LogP contribution in [0.15, 0.2) is 144 Å². The van der Waals surface area contributed by atoms with E-state index in [0.29, 0.717) is 28.9 Å². The molecule has 8 aromatic rings. The van der Waals surface area contributed by atoms with Gasteiger partial charge in [0, 0.05) is 33.2 Å². The smallest absolute Gasteiger partial charge is 0.180 e. The first kappa shape index (κ1) is 24.8. The Morgan fingerprint density at radius 2 is 0.767 bits per heavy atom. The van der Waals surface area contributed by atoms with Crippen LogP contribution in [0, 0.1) is 0 Å². The first-order valence-electron chi connectivity index (χ1n) is 14.0. The molecule has 0 saturated heterocycles. The predicted molar refractivity (Wildman–Crippen MR) is 170 cm³/mol. The van der Waals surface area contributed by atoms with Gasteiger partial charge in [0.15, 0.2) is 28.9 Å². The molecule has 0 saturated carbocycles. The quantitative estimate of drug-likeness (QED) is 0.212. The van der Waals surface area contributed by atoms with E-state index in [2.05, 4.69) is 0 Å². The van der Waals surface area contributed by atoms with Gasteiger partial charge in [0.25, 0.3) is 0 Å². The molecule has 5 aromatic carbocycles. The van der Waals surface area contributed by atoms with E-state index >= 15 is 0 Å². The van der Waals surface area contributed by atoms with Crippen LogP contribution in [0.2, 0.25) is 0 Å². The van der Waals surface area contributed by atoms with Crippen LogP contribution in [0.4, 0.5) is 0 Å². The molecule has 0 fully saturated rings. The van der Waals surface area contributed by atoms with Gasteiger partial charge >= 0.3 is 0 Å². The molecule has 0 aliphatic rings.